The van der Waals surface area contributed by atoms with Gasteiger partial charge in [0.05, 0.1) is 0 Å². The van der Waals surface area contributed by atoms with E-state index in [2.05, 4.69) is 29.9 Å². The maximum absolute atomic E-state index is 12.3. The summed E-state index contributed by atoms with van der Waals surface area (Å²) in [6, 6.07) is 5.67. The molecule has 0 atom stereocenters. The van der Waals surface area contributed by atoms with E-state index in [1.165, 1.54) is 0 Å². The Kier molecular flexibility index (Phi) is 4.78. The van der Waals surface area contributed by atoms with Crippen molar-refractivity contribution in [2.45, 2.75) is 26.7 Å². The second kappa shape index (κ2) is 7.64. The molecule has 6 heteroatoms. The lowest BCUT2D eigenvalue weighted by Gasteiger charge is -2.30. The van der Waals surface area contributed by atoms with E-state index in [1.54, 1.807) is 0 Å². The van der Waals surface area contributed by atoms with Gasteiger partial charge in [-0.05, 0) is 65.8 Å². The number of amidine groups is 1. The van der Waals surface area contributed by atoms with Gasteiger partial charge in [0, 0.05) is 12.4 Å². The molecule has 2 aromatic rings. The zero-order chi connectivity index (χ0) is 22.3. The first-order valence-electron chi connectivity index (χ1n) is 10.6. The van der Waals surface area contributed by atoms with Crippen molar-refractivity contribution < 1.29 is 9.90 Å². The highest BCUT2D eigenvalue weighted by Crippen LogP contribution is 2.39. The zero-order valence-corrected chi connectivity index (χ0v) is 18.1. The molecule has 4 heterocycles. The minimum atomic E-state index is -0.227. The van der Waals surface area contributed by atoms with E-state index >= 15 is 0 Å². The Balaban J connectivity index is 1.45. The van der Waals surface area contributed by atoms with Crippen LogP contribution >= 0.6 is 0 Å². The zero-order valence-electron chi connectivity index (χ0n) is 18.1. The molecule has 160 valence electrons. The van der Waals surface area contributed by atoms with E-state index in [0.717, 1.165) is 24.0 Å². The number of pyridine rings is 1. The van der Waals surface area contributed by atoms with Crippen molar-refractivity contribution in [1.29, 1.82) is 0 Å². The molecule has 5 rings (SSSR count). The van der Waals surface area contributed by atoms with Crippen molar-refractivity contribution in [1.82, 2.24) is 14.3 Å². The summed E-state index contributed by atoms with van der Waals surface area (Å²) >= 11 is 0. The summed E-state index contributed by atoms with van der Waals surface area (Å²) in [5.41, 5.74) is 4.30. The second-order valence-corrected chi connectivity index (χ2v) is 8.96. The van der Waals surface area contributed by atoms with Gasteiger partial charge < -0.3 is 5.11 Å². The molecule has 32 heavy (non-hydrogen) atoms. The van der Waals surface area contributed by atoms with Crippen molar-refractivity contribution in [3.8, 4) is 5.88 Å². The predicted molar refractivity (Wildman–Crippen MR) is 126 cm³/mol. The molecule has 0 spiro atoms. The first kappa shape index (κ1) is 20.0. The highest BCUT2D eigenvalue weighted by molar-refractivity contribution is 6.15. The van der Waals surface area contributed by atoms with E-state index in [9.17, 15) is 9.90 Å². The van der Waals surface area contributed by atoms with Gasteiger partial charge >= 0.3 is 0 Å². The topological polar surface area (TPSA) is 70.2 Å². The van der Waals surface area contributed by atoms with Gasteiger partial charge in [0.2, 0.25) is 5.88 Å². The van der Waals surface area contributed by atoms with Crippen molar-refractivity contribution >= 4 is 23.5 Å². The van der Waals surface area contributed by atoms with Crippen LogP contribution in [0.5, 0.6) is 5.88 Å². The minimum Gasteiger partial charge on any atom is -0.492 e. The van der Waals surface area contributed by atoms with E-state index in [0.29, 0.717) is 22.9 Å². The number of hydrogen-bond acceptors (Lipinski definition) is 4. The van der Waals surface area contributed by atoms with Crippen LogP contribution in [0.4, 0.5) is 0 Å². The van der Waals surface area contributed by atoms with Gasteiger partial charge in [0.25, 0.3) is 5.91 Å². The highest BCUT2D eigenvalue weighted by Gasteiger charge is 2.28. The number of aromatic nitrogens is 2. The molecule has 2 aromatic heterocycles. The summed E-state index contributed by atoms with van der Waals surface area (Å²) in [4.78, 5) is 22.4. The number of hydrogen-bond donors (Lipinski definition) is 1. The number of aromatic hydroxyl groups is 1. The van der Waals surface area contributed by atoms with Gasteiger partial charge in [0.15, 0.2) is 0 Å². The summed E-state index contributed by atoms with van der Waals surface area (Å²) in [6.07, 6.45) is 21.1. The van der Waals surface area contributed by atoms with Crippen molar-refractivity contribution in [2.75, 3.05) is 0 Å². The van der Waals surface area contributed by atoms with Gasteiger partial charge in [-0.3, -0.25) is 14.1 Å². The second-order valence-electron chi connectivity index (χ2n) is 8.96. The molecule has 0 unspecified atom stereocenters. The number of carbonyl (C=O) groups is 1. The number of amides is 1. The van der Waals surface area contributed by atoms with Gasteiger partial charge in [0.1, 0.15) is 22.9 Å². The molecule has 3 aliphatic rings. The summed E-state index contributed by atoms with van der Waals surface area (Å²) in [7, 11) is 0. The Labute approximate surface area is 186 Å². The Morgan fingerprint density at radius 3 is 2.88 bits per heavy atom. The fourth-order valence-corrected chi connectivity index (χ4v) is 4.40. The fraction of sp³-hybridized carbons (Fsp3) is 0.192. The van der Waals surface area contributed by atoms with E-state index in [1.807, 2.05) is 82.4 Å². The predicted octanol–water partition coefficient (Wildman–Crippen LogP) is 4.93. The van der Waals surface area contributed by atoms with Crippen LogP contribution in [0.25, 0.3) is 11.7 Å². The molecule has 0 fully saturated rings. The SMILES string of the molecule is CC1(C)CC(/C=C/c2c(O)nc3ccccn23)=CC(=C/C=C2/C(=O)N=C3C=CC=CN32)/C1. The standard InChI is InChI=1S/C26H24N4O2/c1-26(2)16-18(9-11-20-24(31)27-22-7-3-5-13-29(20)22)15-19(17-26)10-12-21-25(32)28-23-8-4-6-14-30(21)23/h3-15,31H,16-17H2,1-2H3/b11-9+,19-10-,21-12-. The average Bonchev–Trinajstić information content (AvgIpc) is 3.24. The maximum Gasteiger partial charge on any atom is 0.295 e. The Morgan fingerprint density at radius 2 is 2.00 bits per heavy atom. The van der Waals surface area contributed by atoms with Crippen molar-refractivity contribution in [2.24, 2.45) is 10.4 Å². The highest BCUT2D eigenvalue weighted by atomic mass is 16.3. The largest absolute Gasteiger partial charge is 0.492 e. The summed E-state index contributed by atoms with van der Waals surface area (Å²) < 4.78 is 1.87. The van der Waals surface area contributed by atoms with E-state index in [-0.39, 0.29) is 17.2 Å². The van der Waals surface area contributed by atoms with Gasteiger partial charge in [-0.1, -0.05) is 44.2 Å². The number of nitrogens with zero attached hydrogens (tertiary/aromatic N) is 4. The third kappa shape index (κ3) is 3.75. The number of aliphatic imine (C=N–C) groups is 1. The summed E-state index contributed by atoms with van der Waals surface area (Å²) in [5.74, 6) is 0.441. The van der Waals surface area contributed by atoms with Crippen molar-refractivity contribution in [3.05, 3.63) is 95.7 Å². The number of carbonyl (C=O) groups excluding carboxylic acids is 1. The molecule has 1 aliphatic carbocycles. The molecule has 0 radical (unpaired) electrons. The van der Waals surface area contributed by atoms with Gasteiger partial charge in [-0.25, -0.2) is 0 Å². The number of allylic oxidation sites excluding steroid dienone is 8. The van der Waals surface area contributed by atoms with E-state index in [4.69, 9.17) is 0 Å². The van der Waals surface area contributed by atoms with Crippen LogP contribution in [0, 0.1) is 5.41 Å². The van der Waals surface area contributed by atoms with Crippen LogP contribution < -0.4 is 0 Å². The van der Waals surface area contributed by atoms with Crippen molar-refractivity contribution in [3.63, 3.8) is 0 Å². The summed E-state index contributed by atoms with van der Waals surface area (Å²) in [6.45, 7) is 4.47. The molecular formula is C26H24N4O2. The molecule has 0 aromatic carbocycles. The molecule has 0 saturated heterocycles. The average molecular weight is 425 g/mol. The van der Waals surface area contributed by atoms with E-state index < -0.39 is 0 Å². The molecular weight excluding hydrogens is 400 g/mol. The minimum absolute atomic E-state index is 0.0165. The normalized spacial score (nSPS) is 22.3. The van der Waals surface area contributed by atoms with Gasteiger partial charge in [-0.15, -0.1) is 0 Å². The first-order valence-corrected chi connectivity index (χ1v) is 10.6. The first-order chi connectivity index (χ1) is 15.4. The van der Waals surface area contributed by atoms with Crippen LogP contribution in [-0.4, -0.2) is 31.1 Å². The van der Waals surface area contributed by atoms with Crippen LogP contribution in [0.3, 0.4) is 0 Å². The third-order valence-electron chi connectivity index (χ3n) is 5.73. The molecule has 6 nitrogen and oxygen atoms in total. The molecule has 0 bridgehead atoms. The lowest BCUT2D eigenvalue weighted by atomic mass is 9.75. The maximum atomic E-state index is 12.3. The number of fused-ring (bicyclic) bond motifs is 2. The Hall–Kier alpha value is -3.93. The smallest absolute Gasteiger partial charge is 0.295 e. The Bertz CT molecular complexity index is 1330. The fourth-order valence-electron chi connectivity index (χ4n) is 4.40. The summed E-state index contributed by atoms with van der Waals surface area (Å²) in [5, 5.41) is 10.3. The molecule has 1 N–H and O–H groups in total. The number of imidazole rings is 1. The van der Waals surface area contributed by atoms with Crippen LogP contribution in [0.15, 0.2) is 95.0 Å². The van der Waals surface area contributed by atoms with Crippen LogP contribution in [0.2, 0.25) is 0 Å². The van der Waals surface area contributed by atoms with Gasteiger partial charge in [-0.2, -0.15) is 9.98 Å². The van der Waals surface area contributed by atoms with Crippen LogP contribution in [-0.2, 0) is 4.79 Å². The van der Waals surface area contributed by atoms with Crippen LogP contribution in [0.1, 0.15) is 32.4 Å². The monoisotopic (exact) mass is 424 g/mol. The molecule has 0 saturated carbocycles. The quantitative estimate of drug-likeness (QED) is 0.709. The number of rotatable bonds is 3. The molecule has 1 amide bonds. The molecule has 2 aliphatic heterocycles. The third-order valence-corrected chi connectivity index (χ3v) is 5.73. The lowest BCUT2D eigenvalue weighted by Crippen LogP contribution is -2.20. The lowest BCUT2D eigenvalue weighted by molar-refractivity contribution is -0.114. The Morgan fingerprint density at radius 1 is 1.12 bits per heavy atom.